The molecule has 0 amide bonds. The lowest BCUT2D eigenvalue weighted by Gasteiger charge is -2.18. The molecule has 0 aliphatic rings. The van der Waals surface area contributed by atoms with Crippen molar-refractivity contribution in [1.29, 1.82) is 0 Å². The van der Waals surface area contributed by atoms with Crippen molar-refractivity contribution in [2.75, 3.05) is 7.11 Å². The zero-order valence-electron chi connectivity index (χ0n) is 11.9. The summed E-state index contributed by atoms with van der Waals surface area (Å²) >= 11 is 0. The van der Waals surface area contributed by atoms with E-state index >= 15 is 0 Å². The Kier molecular flexibility index (Phi) is 5.23. The second-order valence-corrected chi connectivity index (χ2v) is 4.75. The third kappa shape index (κ3) is 3.41. The van der Waals surface area contributed by atoms with E-state index in [0.29, 0.717) is 0 Å². The molecule has 20 heavy (non-hydrogen) atoms. The van der Waals surface area contributed by atoms with Gasteiger partial charge >= 0.3 is 0 Å². The second-order valence-electron chi connectivity index (χ2n) is 4.75. The minimum Gasteiger partial charge on any atom is -0.382 e. The summed E-state index contributed by atoms with van der Waals surface area (Å²) in [7, 11) is 1.71. The molecule has 1 heterocycles. The van der Waals surface area contributed by atoms with Crippen LogP contribution in [0.4, 0.5) is 0 Å². The van der Waals surface area contributed by atoms with Crippen molar-refractivity contribution in [3.63, 3.8) is 0 Å². The SMILES string of the molecule is COC(C)CCC(NN)c1cnnn1-c1ccccc1. The number of hydrazine groups is 1. The van der Waals surface area contributed by atoms with E-state index in [1.165, 1.54) is 0 Å². The van der Waals surface area contributed by atoms with Crippen LogP contribution in [0.1, 0.15) is 31.5 Å². The minimum absolute atomic E-state index is 0.0113. The van der Waals surface area contributed by atoms with Gasteiger partial charge in [-0.15, -0.1) is 5.10 Å². The number of hydrogen-bond donors (Lipinski definition) is 2. The lowest BCUT2D eigenvalue weighted by atomic mass is 10.1. The van der Waals surface area contributed by atoms with Crippen LogP contribution in [-0.2, 0) is 4.74 Å². The summed E-state index contributed by atoms with van der Waals surface area (Å²) < 4.78 is 7.08. The number of methoxy groups -OCH3 is 1. The van der Waals surface area contributed by atoms with Crippen molar-refractivity contribution < 1.29 is 4.74 Å². The van der Waals surface area contributed by atoms with Crippen molar-refractivity contribution in [1.82, 2.24) is 20.4 Å². The first-order chi connectivity index (χ1) is 9.76. The van der Waals surface area contributed by atoms with Crippen LogP contribution in [0.25, 0.3) is 5.69 Å². The maximum Gasteiger partial charge on any atom is 0.0828 e. The fourth-order valence-electron chi connectivity index (χ4n) is 2.09. The Morgan fingerprint density at radius 1 is 1.30 bits per heavy atom. The Balaban J connectivity index is 2.17. The molecular weight excluding hydrogens is 254 g/mol. The van der Waals surface area contributed by atoms with Crippen LogP contribution in [0, 0.1) is 0 Å². The summed E-state index contributed by atoms with van der Waals surface area (Å²) in [6.07, 6.45) is 3.71. The highest BCUT2D eigenvalue weighted by molar-refractivity contribution is 5.32. The number of rotatable bonds is 7. The molecule has 2 unspecified atom stereocenters. The van der Waals surface area contributed by atoms with Gasteiger partial charge in [0.1, 0.15) is 0 Å². The summed E-state index contributed by atoms with van der Waals surface area (Å²) in [6.45, 7) is 2.04. The number of nitrogens with two attached hydrogens (primary N) is 1. The molecule has 0 spiro atoms. The Hall–Kier alpha value is -1.76. The van der Waals surface area contributed by atoms with E-state index in [1.807, 2.05) is 41.9 Å². The van der Waals surface area contributed by atoms with E-state index in [4.69, 9.17) is 10.6 Å². The topological polar surface area (TPSA) is 78.0 Å². The Labute approximate surface area is 118 Å². The van der Waals surface area contributed by atoms with Gasteiger partial charge in [0.05, 0.1) is 29.7 Å². The molecule has 0 bridgehead atoms. The number of ether oxygens (including phenoxy) is 1. The molecule has 6 nitrogen and oxygen atoms in total. The smallest absolute Gasteiger partial charge is 0.0828 e. The highest BCUT2D eigenvalue weighted by Gasteiger charge is 2.17. The van der Waals surface area contributed by atoms with Gasteiger partial charge in [0, 0.05) is 7.11 Å². The summed E-state index contributed by atoms with van der Waals surface area (Å²) in [5.74, 6) is 5.68. The molecule has 0 saturated carbocycles. The van der Waals surface area contributed by atoms with E-state index in [0.717, 1.165) is 24.2 Å². The van der Waals surface area contributed by atoms with Gasteiger partial charge in [-0.3, -0.25) is 11.3 Å². The van der Waals surface area contributed by atoms with E-state index in [9.17, 15) is 0 Å². The minimum atomic E-state index is -0.0113. The molecule has 0 aliphatic carbocycles. The van der Waals surface area contributed by atoms with Gasteiger partial charge in [-0.1, -0.05) is 23.4 Å². The lowest BCUT2D eigenvalue weighted by Crippen LogP contribution is -2.30. The lowest BCUT2D eigenvalue weighted by molar-refractivity contribution is 0.106. The summed E-state index contributed by atoms with van der Waals surface area (Å²) in [5, 5.41) is 8.14. The molecule has 2 aromatic rings. The van der Waals surface area contributed by atoms with Crippen molar-refractivity contribution in [2.24, 2.45) is 5.84 Å². The molecule has 0 saturated heterocycles. The standard InChI is InChI=1S/C14H21N5O/c1-11(20-2)8-9-13(17-15)14-10-16-18-19(14)12-6-4-3-5-7-12/h3-7,10-11,13,17H,8-9,15H2,1-2H3. The van der Waals surface area contributed by atoms with E-state index in [2.05, 4.69) is 15.7 Å². The summed E-state index contributed by atoms with van der Waals surface area (Å²) in [4.78, 5) is 0. The van der Waals surface area contributed by atoms with Crippen molar-refractivity contribution >= 4 is 0 Å². The molecular formula is C14H21N5O. The Morgan fingerprint density at radius 2 is 2.05 bits per heavy atom. The quantitative estimate of drug-likeness (QED) is 0.592. The Morgan fingerprint density at radius 3 is 2.70 bits per heavy atom. The normalized spacial score (nSPS) is 14.2. The second kappa shape index (κ2) is 7.14. The zero-order chi connectivity index (χ0) is 14.4. The number of nitrogens with one attached hydrogen (secondary N) is 1. The predicted octanol–water partition coefficient (Wildman–Crippen LogP) is 1.59. The average molecular weight is 275 g/mol. The molecule has 3 N–H and O–H groups in total. The molecule has 108 valence electrons. The van der Waals surface area contributed by atoms with Crippen LogP contribution in [0.3, 0.4) is 0 Å². The molecule has 0 aliphatic heterocycles. The van der Waals surface area contributed by atoms with E-state index in [-0.39, 0.29) is 12.1 Å². The molecule has 1 aromatic carbocycles. The van der Waals surface area contributed by atoms with Crippen LogP contribution in [0.5, 0.6) is 0 Å². The molecule has 6 heteroatoms. The summed E-state index contributed by atoms with van der Waals surface area (Å²) in [6, 6.07) is 9.88. The molecule has 2 atom stereocenters. The largest absolute Gasteiger partial charge is 0.382 e. The number of aromatic nitrogens is 3. The van der Waals surface area contributed by atoms with Gasteiger partial charge in [0.25, 0.3) is 0 Å². The van der Waals surface area contributed by atoms with E-state index < -0.39 is 0 Å². The first-order valence-electron chi connectivity index (χ1n) is 6.71. The van der Waals surface area contributed by atoms with E-state index in [1.54, 1.807) is 13.3 Å². The highest BCUT2D eigenvalue weighted by Crippen LogP contribution is 2.20. The van der Waals surface area contributed by atoms with Crippen LogP contribution in [0.2, 0.25) is 0 Å². The van der Waals surface area contributed by atoms with Crippen molar-refractivity contribution in [2.45, 2.75) is 31.9 Å². The maximum absolute atomic E-state index is 5.68. The molecule has 0 fully saturated rings. The molecule has 1 aromatic heterocycles. The number of hydrogen-bond acceptors (Lipinski definition) is 5. The van der Waals surface area contributed by atoms with Crippen molar-refractivity contribution in [3.05, 3.63) is 42.2 Å². The van der Waals surface area contributed by atoms with Gasteiger partial charge in [0.2, 0.25) is 0 Å². The van der Waals surface area contributed by atoms with Gasteiger partial charge < -0.3 is 4.74 Å². The van der Waals surface area contributed by atoms with Gasteiger partial charge in [0.15, 0.2) is 0 Å². The van der Waals surface area contributed by atoms with Crippen LogP contribution >= 0.6 is 0 Å². The number of para-hydroxylation sites is 1. The van der Waals surface area contributed by atoms with Crippen LogP contribution in [-0.4, -0.2) is 28.2 Å². The Bertz CT molecular complexity index is 513. The molecule has 0 radical (unpaired) electrons. The highest BCUT2D eigenvalue weighted by atomic mass is 16.5. The van der Waals surface area contributed by atoms with Gasteiger partial charge in [-0.25, -0.2) is 4.68 Å². The number of benzene rings is 1. The fraction of sp³-hybridized carbons (Fsp3) is 0.429. The predicted molar refractivity (Wildman–Crippen MR) is 77.1 cm³/mol. The average Bonchev–Trinajstić information content (AvgIpc) is 2.98. The first-order valence-corrected chi connectivity index (χ1v) is 6.71. The third-order valence-electron chi connectivity index (χ3n) is 3.40. The fourth-order valence-corrected chi connectivity index (χ4v) is 2.09. The third-order valence-corrected chi connectivity index (χ3v) is 3.40. The molecule has 2 rings (SSSR count). The summed E-state index contributed by atoms with van der Waals surface area (Å²) in [5.41, 5.74) is 4.76. The van der Waals surface area contributed by atoms with Gasteiger partial charge in [-0.05, 0) is 31.9 Å². The van der Waals surface area contributed by atoms with Crippen LogP contribution < -0.4 is 11.3 Å². The first kappa shape index (κ1) is 14.6. The maximum atomic E-state index is 5.68. The van der Waals surface area contributed by atoms with Crippen LogP contribution in [0.15, 0.2) is 36.5 Å². The monoisotopic (exact) mass is 275 g/mol. The zero-order valence-corrected chi connectivity index (χ0v) is 11.9. The van der Waals surface area contributed by atoms with Gasteiger partial charge in [-0.2, -0.15) is 0 Å². The number of nitrogens with zero attached hydrogens (tertiary/aromatic N) is 3. The van der Waals surface area contributed by atoms with Crippen molar-refractivity contribution in [3.8, 4) is 5.69 Å².